The molecule has 0 atom stereocenters. The van der Waals surface area contributed by atoms with Gasteiger partial charge in [-0.2, -0.15) is 0 Å². The number of hydrogen-bond acceptors (Lipinski definition) is 5. The van der Waals surface area contributed by atoms with Gasteiger partial charge in [0.05, 0.1) is 29.5 Å². The molecule has 31 heavy (non-hydrogen) atoms. The minimum atomic E-state index is -0.292. The normalized spacial score (nSPS) is 11.0. The van der Waals surface area contributed by atoms with Crippen LogP contribution in [0.2, 0.25) is 5.02 Å². The third-order valence-corrected chi connectivity index (χ3v) is 5.27. The maximum absolute atomic E-state index is 12.9. The molecule has 0 aliphatic heterocycles. The van der Waals surface area contributed by atoms with Gasteiger partial charge in [-0.3, -0.25) is 9.78 Å². The Morgan fingerprint density at radius 3 is 2.61 bits per heavy atom. The number of anilines is 1. The van der Waals surface area contributed by atoms with E-state index in [2.05, 4.69) is 15.3 Å². The number of methoxy groups -OCH3 is 1. The third-order valence-electron chi connectivity index (χ3n) is 4.96. The summed E-state index contributed by atoms with van der Waals surface area (Å²) in [6, 6.07) is 18.4. The lowest BCUT2D eigenvalue weighted by Crippen LogP contribution is -2.13. The fourth-order valence-corrected chi connectivity index (χ4v) is 3.69. The summed E-state index contributed by atoms with van der Waals surface area (Å²) in [5, 5.41) is 5.23. The van der Waals surface area contributed by atoms with Crippen molar-refractivity contribution in [2.75, 3.05) is 12.4 Å². The molecular formula is C24H16ClN3O3. The van der Waals surface area contributed by atoms with Crippen molar-refractivity contribution in [1.82, 2.24) is 9.97 Å². The zero-order valence-corrected chi connectivity index (χ0v) is 17.2. The zero-order chi connectivity index (χ0) is 21.4. The van der Waals surface area contributed by atoms with Crippen LogP contribution in [0.25, 0.3) is 33.3 Å². The second kappa shape index (κ2) is 7.74. The summed E-state index contributed by atoms with van der Waals surface area (Å²) in [5.74, 6) is 0.598. The van der Waals surface area contributed by atoms with Crippen LogP contribution in [0.1, 0.15) is 10.4 Å². The fourth-order valence-electron chi connectivity index (χ4n) is 3.43. The van der Waals surface area contributed by atoms with Crippen LogP contribution in [0.4, 0.5) is 5.69 Å². The van der Waals surface area contributed by atoms with Crippen LogP contribution in [0, 0.1) is 0 Å². The predicted molar refractivity (Wildman–Crippen MR) is 121 cm³/mol. The number of halogens is 1. The quantitative estimate of drug-likeness (QED) is 0.381. The molecule has 0 unspecified atom stereocenters. The summed E-state index contributed by atoms with van der Waals surface area (Å²) >= 11 is 6.47. The van der Waals surface area contributed by atoms with Gasteiger partial charge in [0, 0.05) is 18.0 Å². The van der Waals surface area contributed by atoms with Gasteiger partial charge in [-0.25, -0.2) is 4.98 Å². The number of benzene rings is 3. The smallest absolute Gasteiger partial charge is 0.259 e. The van der Waals surface area contributed by atoms with Crippen LogP contribution in [0.5, 0.6) is 5.75 Å². The Hall–Kier alpha value is -3.90. The molecule has 5 aromatic rings. The summed E-state index contributed by atoms with van der Waals surface area (Å²) in [6.45, 7) is 0. The van der Waals surface area contributed by atoms with E-state index in [0.29, 0.717) is 44.6 Å². The highest BCUT2D eigenvalue weighted by atomic mass is 35.5. The second-order valence-corrected chi connectivity index (χ2v) is 7.32. The number of ether oxygens (including phenoxy) is 1. The van der Waals surface area contributed by atoms with E-state index in [0.717, 1.165) is 10.8 Å². The Kier molecular flexibility index (Phi) is 4.76. The number of oxazole rings is 1. The SMILES string of the molecule is COc1cc2ccccc2cc1C(=O)Nc1ccc(-c2nc3cnccc3o2)c(Cl)c1. The van der Waals surface area contributed by atoms with E-state index in [-0.39, 0.29) is 5.91 Å². The van der Waals surface area contributed by atoms with Gasteiger partial charge in [-0.15, -0.1) is 0 Å². The number of aromatic nitrogens is 2. The summed E-state index contributed by atoms with van der Waals surface area (Å²) in [4.78, 5) is 21.4. The minimum absolute atomic E-state index is 0.292. The molecule has 0 saturated heterocycles. The van der Waals surface area contributed by atoms with E-state index >= 15 is 0 Å². The Morgan fingerprint density at radius 1 is 1.06 bits per heavy atom. The number of nitrogens with one attached hydrogen (secondary N) is 1. The number of carbonyl (C=O) groups excluding carboxylic acids is 1. The molecule has 1 amide bonds. The topological polar surface area (TPSA) is 77.2 Å². The lowest BCUT2D eigenvalue weighted by Gasteiger charge is -2.12. The summed E-state index contributed by atoms with van der Waals surface area (Å²) in [7, 11) is 1.54. The Labute approximate surface area is 182 Å². The van der Waals surface area contributed by atoms with Crippen molar-refractivity contribution in [2.45, 2.75) is 0 Å². The largest absolute Gasteiger partial charge is 0.496 e. The first-order chi connectivity index (χ1) is 15.1. The molecule has 0 spiro atoms. The lowest BCUT2D eigenvalue weighted by molar-refractivity contribution is 0.102. The van der Waals surface area contributed by atoms with E-state index in [1.54, 1.807) is 43.8 Å². The van der Waals surface area contributed by atoms with E-state index in [4.69, 9.17) is 20.8 Å². The van der Waals surface area contributed by atoms with Crippen molar-refractivity contribution in [3.63, 3.8) is 0 Å². The van der Waals surface area contributed by atoms with E-state index < -0.39 is 0 Å². The third kappa shape index (κ3) is 3.58. The van der Waals surface area contributed by atoms with Crippen LogP contribution in [-0.4, -0.2) is 23.0 Å². The average molecular weight is 430 g/mol. The molecule has 0 radical (unpaired) electrons. The van der Waals surface area contributed by atoms with Gasteiger partial charge in [-0.05, 0) is 41.1 Å². The van der Waals surface area contributed by atoms with E-state index in [1.165, 1.54) is 0 Å². The molecule has 3 aromatic carbocycles. The van der Waals surface area contributed by atoms with Crippen molar-refractivity contribution in [2.24, 2.45) is 0 Å². The maximum Gasteiger partial charge on any atom is 0.259 e. The monoisotopic (exact) mass is 429 g/mol. The molecule has 2 aromatic heterocycles. The average Bonchev–Trinajstić information content (AvgIpc) is 3.22. The van der Waals surface area contributed by atoms with Gasteiger partial charge >= 0.3 is 0 Å². The standard InChI is InChI=1S/C24H16ClN3O3/c1-30-22-11-15-5-3-2-4-14(15)10-18(22)23(29)27-16-6-7-17(19(25)12-16)24-28-20-13-26-9-8-21(20)31-24/h2-13H,1H3,(H,27,29). The predicted octanol–water partition coefficient (Wildman–Crippen LogP) is 5.96. The first-order valence-corrected chi connectivity index (χ1v) is 9.89. The first kappa shape index (κ1) is 19.1. The van der Waals surface area contributed by atoms with Crippen LogP contribution in [0.15, 0.2) is 77.5 Å². The summed E-state index contributed by atoms with van der Waals surface area (Å²) < 4.78 is 11.2. The number of fused-ring (bicyclic) bond motifs is 2. The van der Waals surface area contributed by atoms with Crippen LogP contribution >= 0.6 is 11.6 Å². The number of pyridine rings is 1. The van der Waals surface area contributed by atoms with Gasteiger partial charge in [0.2, 0.25) is 5.89 Å². The van der Waals surface area contributed by atoms with Gasteiger partial charge in [-0.1, -0.05) is 35.9 Å². The number of rotatable bonds is 4. The molecule has 2 heterocycles. The van der Waals surface area contributed by atoms with Crippen molar-refractivity contribution in [1.29, 1.82) is 0 Å². The van der Waals surface area contributed by atoms with Crippen molar-refractivity contribution >= 4 is 45.1 Å². The summed E-state index contributed by atoms with van der Waals surface area (Å²) in [6.07, 6.45) is 3.26. The number of nitrogens with zero attached hydrogens (tertiary/aromatic N) is 2. The molecule has 0 aliphatic carbocycles. The van der Waals surface area contributed by atoms with Crippen molar-refractivity contribution in [3.05, 3.63) is 83.6 Å². The van der Waals surface area contributed by atoms with Gasteiger partial charge < -0.3 is 14.5 Å². The Morgan fingerprint density at radius 2 is 1.87 bits per heavy atom. The van der Waals surface area contributed by atoms with Crippen LogP contribution in [0.3, 0.4) is 0 Å². The van der Waals surface area contributed by atoms with E-state index in [1.807, 2.05) is 36.4 Å². The molecule has 6 nitrogen and oxygen atoms in total. The van der Waals surface area contributed by atoms with Gasteiger partial charge in [0.25, 0.3) is 5.91 Å². The molecule has 7 heteroatoms. The molecule has 1 N–H and O–H groups in total. The Bertz CT molecular complexity index is 1410. The van der Waals surface area contributed by atoms with E-state index in [9.17, 15) is 4.79 Å². The number of hydrogen-bond donors (Lipinski definition) is 1. The van der Waals surface area contributed by atoms with Crippen LogP contribution in [-0.2, 0) is 0 Å². The van der Waals surface area contributed by atoms with Crippen molar-refractivity contribution in [3.8, 4) is 17.2 Å². The molecule has 0 saturated carbocycles. The molecule has 0 bridgehead atoms. The number of amides is 1. The molecule has 0 fully saturated rings. The highest BCUT2D eigenvalue weighted by Crippen LogP contribution is 2.32. The molecule has 5 rings (SSSR count). The fraction of sp³-hybridized carbons (Fsp3) is 0.0417. The highest BCUT2D eigenvalue weighted by Gasteiger charge is 2.16. The summed E-state index contributed by atoms with van der Waals surface area (Å²) in [5.41, 5.74) is 2.88. The second-order valence-electron chi connectivity index (χ2n) is 6.91. The van der Waals surface area contributed by atoms with Gasteiger partial charge in [0.1, 0.15) is 11.3 Å². The van der Waals surface area contributed by atoms with Gasteiger partial charge in [0.15, 0.2) is 5.58 Å². The lowest BCUT2D eigenvalue weighted by atomic mass is 10.1. The molecule has 0 aliphatic rings. The number of carbonyl (C=O) groups is 1. The maximum atomic E-state index is 12.9. The first-order valence-electron chi connectivity index (χ1n) is 9.51. The molecular weight excluding hydrogens is 414 g/mol. The zero-order valence-electron chi connectivity index (χ0n) is 16.4. The van der Waals surface area contributed by atoms with Crippen molar-refractivity contribution < 1.29 is 13.9 Å². The Balaban J connectivity index is 1.44. The highest BCUT2D eigenvalue weighted by molar-refractivity contribution is 6.33. The molecule has 152 valence electrons. The van der Waals surface area contributed by atoms with Crippen LogP contribution < -0.4 is 10.1 Å². The minimum Gasteiger partial charge on any atom is -0.496 e.